The Balaban J connectivity index is 2.45. The molecule has 0 unspecified atom stereocenters. The van der Waals surface area contributed by atoms with Crippen LogP contribution in [0.25, 0.3) is 0 Å². The fourth-order valence-corrected chi connectivity index (χ4v) is 1.10. The molecule has 0 aromatic carbocycles. The van der Waals surface area contributed by atoms with E-state index in [1.807, 2.05) is 6.92 Å². The smallest absolute Gasteiger partial charge is 0.354 e. The summed E-state index contributed by atoms with van der Waals surface area (Å²) in [6.07, 6.45) is 0.804. The maximum Gasteiger partial charge on any atom is 0.354 e. The first-order valence-corrected chi connectivity index (χ1v) is 5.01. The lowest BCUT2D eigenvalue weighted by molar-refractivity contribution is 0.0689. The SMILES string of the molecule is C=C(C)CCOCc1cccc(C(=O)O)n1. The molecule has 0 aliphatic heterocycles. The zero-order valence-electron chi connectivity index (χ0n) is 9.27. The van der Waals surface area contributed by atoms with E-state index in [2.05, 4.69) is 11.6 Å². The third kappa shape index (κ3) is 4.23. The van der Waals surface area contributed by atoms with E-state index in [4.69, 9.17) is 9.84 Å². The minimum absolute atomic E-state index is 0.0426. The number of nitrogens with zero attached hydrogens (tertiary/aromatic N) is 1. The maximum atomic E-state index is 10.7. The summed E-state index contributed by atoms with van der Waals surface area (Å²) in [4.78, 5) is 14.6. The van der Waals surface area contributed by atoms with Crippen molar-refractivity contribution in [2.24, 2.45) is 0 Å². The first-order chi connectivity index (χ1) is 7.59. The van der Waals surface area contributed by atoms with Gasteiger partial charge in [-0.1, -0.05) is 11.6 Å². The van der Waals surface area contributed by atoms with Gasteiger partial charge < -0.3 is 9.84 Å². The van der Waals surface area contributed by atoms with Gasteiger partial charge in [0.2, 0.25) is 0 Å². The summed E-state index contributed by atoms with van der Waals surface area (Å²) < 4.78 is 5.35. The average molecular weight is 221 g/mol. The number of aromatic nitrogens is 1. The zero-order valence-corrected chi connectivity index (χ0v) is 9.27. The monoisotopic (exact) mass is 221 g/mol. The highest BCUT2D eigenvalue weighted by Gasteiger charge is 2.04. The van der Waals surface area contributed by atoms with Gasteiger partial charge in [0.15, 0.2) is 0 Å². The Morgan fingerprint density at radius 1 is 1.56 bits per heavy atom. The van der Waals surface area contributed by atoms with Gasteiger partial charge in [-0.25, -0.2) is 9.78 Å². The second-order valence-corrected chi connectivity index (χ2v) is 3.58. The topological polar surface area (TPSA) is 59.4 Å². The summed E-state index contributed by atoms with van der Waals surface area (Å²) in [5, 5.41) is 8.74. The van der Waals surface area contributed by atoms with Crippen LogP contribution in [0.1, 0.15) is 29.5 Å². The molecule has 1 N–H and O–H groups in total. The van der Waals surface area contributed by atoms with Gasteiger partial charge in [-0.05, 0) is 25.5 Å². The van der Waals surface area contributed by atoms with E-state index in [-0.39, 0.29) is 5.69 Å². The third-order valence-corrected chi connectivity index (χ3v) is 1.95. The van der Waals surface area contributed by atoms with Crippen molar-refractivity contribution in [2.75, 3.05) is 6.61 Å². The molecule has 4 nitrogen and oxygen atoms in total. The van der Waals surface area contributed by atoms with Gasteiger partial charge in [-0.2, -0.15) is 0 Å². The predicted molar refractivity (Wildman–Crippen MR) is 60.3 cm³/mol. The first-order valence-electron chi connectivity index (χ1n) is 5.01. The van der Waals surface area contributed by atoms with Gasteiger partial charge in [0.25, 0.3) is 0 Å². The fraction of sp³-hybridized carbons (Fsp3) is 0.333. The second-order valence-electron chi connectivity index (χ2n) is 3.58. The number of carbonyl (C=O) groups is 1. The fourth-order valence-electron chi connectivity index (χ4n) is 1.10. The summed E-state index contributed by atoms with van der Waals surface area (Å²) in [5.74, 6) is -1.02. The molecule has 0 saturated carbocycles. The summed E-state index contributed by atoms with van der Waals surface area (Å²) in [7, 11) is 0. The Morgan fingerprint density at radius 3 is 2.94 bits per heavy atom. The van der Waals surface area contributed by atoms with Crippen LogP contribution in [0.2, 0.25) is 0 Å². The molecule has 1 rings (SSSR count). The minimum atomic E-state index is -1.02. The summed E-state index contributed by atoms with van der Waals surface area (Å²) in [6.45, 7) is 6.61. The van der Waals surface area contributed by atoms with Crippen molar-refractivity contribution in [3.63, 3.8) is 0 Å². The number of ether oxygens (including phenoxy) is 1. The normalized spacial score (nSPS) is 10.1. The van der Waals surface area contributed by atoms with Crippen LogP contribution in [0.5, 0.6) is 0 Å². The van der Waals surface area contributed by atoms with E-state index in [0.29, 0.717) is 18.9 Å². The molecule has 0 radical (unpaired) electrons. The molecule has 1 heterocycles. The highest BCUT2D eigenvalue weighted by Crippen LogP contribution is 2.03. The number of carboxylic acid groups (broad SMARTS) is 1. The molecule has 4 heteroatoms. The molecule has 0 aliphatic carbocycles. The van der Waals surface area contributed by atoms with Gasteiger partial charge in [-0.3, -0.25) is 0 Å². The van der Waals surface area contributed by atoms with E-state index in [1.165, 1.54) is 6.07 Å². The van der Waals surface area contributed by atoms with E-state index in [0.717, 1.165) is 12.0 Å². The van der Waals surface area contributed by atoms with E-state index in [9.17, 15) is 4.79 Å². The van der Waals surface area contributed by atoms with Crippen LogP contribution in [-0.2, 0) is 11.3 Å². The van der Waals surface area contributed by atoms with Crippen LogP contribution < -0.4 is 0 Å². The van der Waals surface area contributed by atoms with Crippen LogP contribution in [0, 0.1) is 0 Å². The van der Waals surface area contributed by atoms with E-state index >= 15 is 0 Å². The van der Waals surface area contributed by atoms with Crippen molar-refractivity contribution < 1.29 is 14.6 Å². The molecule has 0 saturated heterocycles. The summed E-state index contributed by atoms with van der Waals surface area (Å²) in [6, 6.07) is 4.86. The molecule has 0 amide bonds. The highest BCUT2D eigenvalue weighted by molar-refractivity contribution is 5.85. The molecular formula is C12H15NO3. The molecule has 0 atom stereocenters. The number of pyridine rings is 1. The van der Waals surface area contributed by atoms with Crippen LogP contribution in [0.15, 0.2) is 30.4 Å². The Labute approximate surface area is 94.6 Å². The van der Waals surface area contributed by atoms with Crippen LogP contribution >= 0.6 is 0 Å². The molecule has 1 aromatic rings. The van der Waals surface area contributed by atoms with E-state index < -0.39 is 5.97 Å². The minimum Gasteiger partial charge on any atom is -0.477 e. The van der Waals surface area contributed by atoms with Gasteiger partial charge >= 0.3 is 5.97 Å². The molecule has 0 aliphatic rings. The van der Waals surface area contributed by atoms with Crippen LogP contribution in [0.3, 0.4) is 0 Å². The zero-order chi connectivity index (χ0) is 12.0. The number of carboxylic acids is 1. The van der Waals surface area contributed by atoms with Crippen molar-refractivity contribution >= 4 is 5.97 Å². The van der Waals surface area contributed by atoms with Crippen molar-refractivity contribution in [3.8, 4) is 0 Å². The highest BCUT2D eigenvalue weighted by atomic mass is 16.5. The standard InChI is InChI=1S/C12H15NO3/c1-9(2)6-7-16-8-10-4-3-5-11(13-10)12(14)15/h3-5H,1,6-8H2,2H3,(H,14,15). The lowest BCUT2D eigenvalue weighted by atomic mass is 10.2. The molecular weight excluding hydrogens is 206 g/mol. The quantitative estimate of drug-likeness (QED) is 0.591. The van der Waals surface area contributed by atoms with Gasteiger partial charge in [0, 0.05) is 0 Å². The third-order valence-electron chi connectivity index (χ3n) is 1.95. The molecule has 16 heavy (non-hydrogen) atoms. The number of hydrogen-bond acceptors (Lipinski definition) is 3. The Morgan fingerprint density at radius 2 is 2.31 bits per heavy atom. The molecule has 1 aromatic heterocycles. The first kappa shape index (κ1) is 12.4. The van der Waals surface area contributed by atoms with E-state index in [1.54, 1.807) is 12.1 Å². The predicted octanol–water partition coefficient (Wildman–Crippen LogP) is 2.26. The molecule has 0 bridgehead atoms. The lowest BCUT2D eigenvalue weighted by Gasteiger charge is -2.04. The average Bonchev–Trinajstić information content (AvgIpc) is 2.24. The number of hydrogen-bond donors (Lipinski definition) is 1. The Kier molecular flexibility index (Phi) is 4.66. The van der Waals surface area contributed by atoms with Crippen molar-refractivity contribution in [1.82, 2.24) is 4.98 Å². The maximum absolute atomic E-state index is 10.7. The molecule has 86 valence electrons. The van der Waals surface area contributed by atoms with Crippen molar-refractivity contribution in [3.05, 3.63) is 41.7 Å². The Hall–Kier alpha value is -1.68. The van der Waals surface area contributed by atoms with Crippen LogP contribution in [-0.4, -0.2) is 22.7 Å². The number of rotatable bonds is 6. The number of aromatic carboxylic acids is 1. The Bertz CT molecular complexity index is 388. The van der Waals surface area contributed by atoms with Crippen molar-refractivity contribution in [1.29, 1.82) is 0 Å². The molecule has 0 spiro atoms. The van der Waals surface area contributed by atoms with Gasteiger partial charge in [0.05, 0.1) is 18.9 Å². The summed E-state index contributed by atoms with van der Waals surface area (Å²) >= 11 is 0. The molecule has 0 fully saturated rings. The lowest BCUT2D eigenvalue weighted by Crippen LogP contribution is -2.04. The van der Waals surface area contributed by atoms with Gasteiger partial charge in [-0.15, -0.1) is 6.58 Å². The van der Waals surface area contributed by atoms with Gasteiger partial charge in [0.1, 0.15) is 5.69 Å². The van der Waals surface area contributed by atoms with Crippen molar-refractivity contribution in [2.45, 2.75) is 20.0 Å². The van der Waals surface area contributed by atoms with Crippen LogP contribution in [0.4, 0.5) is 0 Å². The summed E-state index contributed by atoms with van der Waals surface area (Å²) in [5.41, 5.74) is 1.73. The second kappa shape index (κ2) is 6.02. The largest absolute Gasteiger partial charge is 0.477 e.